The maximum atomic E-state index is 5.40. The van der Waals surface area contributed by atoms with Crippen LogP contribution >= 0.6 is 27.5 Å². The number of nitrogens with zero attached hydrogens (tertiary/aromatic N) is 1. The third-order valence-electron chi connectivity index (χ3n) is 0.661. The van der Waals surface area contributed by atoms with Gasteiger partial charge in [-0.25, -0.2) is 4.98 Å². The van der Waals surface area contributed by atoms with Crippen molar-refractivity contribution in [3.8, 4) is 0 Å². The molecule has 1 heterocycles. The maximum absolute atomic E-state index is 5.40. The van der Waals surface area contributed by atoms with Gasteiger partial charge in [0, 0.05) is 15.9 Å². The van der Waals surface area contributed by atoms with Crippen LogP contribution in [0.1, 0.15) is 5.69 Å². The quantitative estimate of drug-likeness (QED) is 0.644. The molecule has 1 aromatic heterocycles. The Kier molecular flexibility index (Phi) is 1.91. The highest BCUT2D eigenvalue weighted by atomic mass is 79.9. The molecule has 0 aliphatic carbocycles. The van der Waals surface area contributed by atoms with Gasteiger partial charge in [-0.05, 0) is 0 Å². The van der Waals surface area contributed by atoms with Gasteiger partial charge in [-0.3, -0.25) is 0 Å². The predicted octanol–water partition coefficient (Wildman–Crippen LogP) is 2.18. The van der Waals surface area contributed by atoms with Crippen LogP contribution in [0.4, 0.5) is 0 Å². The van der Waals surface area contributed by atoms with E-state index in [1.54, 1.807) is 0 Å². The molecule has 0 saturated heterocycles. The number of rotatable bonds is 1. The van der Waals surface area contributed by atoms with Gasteiger partial charge < -0.3 is 4.42 Å². The lowest BCUT2D eigenvalue weighted by molar-refractivity contribution is 0.528. The first-order chi connectivity index (χ1) is 3.83. The highest BCUT2D eigenvalue weighted by Gasteiger charge is 1.95. The highest BCUT2D eigenvalue weighted by Crippen LogP contribution is 2.09. The van der Waals surface area contributed by atoms with Crippen molar-refractivity contribution in [1.82, 2.24) is 4.98 Å². The van der Waals surface area contributed by atoms with Crippen LogP contribution in [0.25, 0.3) is 0 Å². The molecule has 1 aromatic rings. The summed E-state index contributed by atoms with van der Waals surface area (Å²) in [6, 6.07) is 0. The van der Waals surface area contributed by atoms with Gasteiger partial charge in [-0.15, -0.1) is 11.6 Å². The van der Waals surface area contributed by atoms with Gasteiger partial charge in [0.2, 0.25) is 0 Å². The Morgan fingerprint density at radius 3 is 2.88 bits per heavy atom. The van der Waals surface area contributed by atoms with Crippen LogP contribution in [0.2, 0.25) is 0 Å². The Balaban J connectivity index is 2.84. The number of oxazole rings is 1. The Hall–Kier alpha value is -0.0200. The summed E-state index contributed by atoms with van der Waals surface area (Å²) in [5.41, 5.74) is 0.749. The average molecular weight is 196 g/mol. The molecule has 0 atom stereocenters. The number of hydrogen-bond acceptors (Lipinski definition) is 2. The van der Waals surface area contributed by atoms with Gasteiger partial charge in [0.1, 0.15) is 6.26 Å². The largest absolute Gasteiger partial charge is 0.439 e. The third-order valence-corrected chi connectivity index (χ3v) is 1.30. The van der Waals surface area contributed by atoms with Gasteiger partial charge in [0.25, 0.3) is 4.80 Å². The molecule has 0 unspecified atom stereocenters. The zero-order valence-electron chi connectivity index (χ0n) is 3.90. The molecule has 0 aliphatic heterocycles. The molecule has 0 aromatic carbocycles. The van der Waals surface area contributed by atoms with Crippen molar-refractivity contribution < 1.29 is 4.42 Å². The van der Waals surface area contributed by atoms with E-state index in [9.17, 15) is 0 Å². The van der Waals surface area contributed by atoms with E-state index >= 15 is 0 Å². The zero-order valence-corrected chi connectivity index (χ0v) is 6.24. The molecule has 44 valence electrons. The lowest BCUT2D eigenvalue weighted by Crippen LogP contribution is -1.72. The van der Waals surface area contributed by atoms with Crippen LogP contribution in [0, 0.1) is 0 Å². The van der Waals surface area contributed by atoms with Crippen molar-refractivity contribution in [3.05, 3.63) is 16.8 Å². The minimum absolute atomic E-state index is 0.398. The molecule has 4 heteroatoms. The topological polar surface area (TPSA) is 26.0 Å². The first kappa shape index (κ1) is 6.11. The zero-order chi connectivity index (χ0) is 5.98. The van der Waals surface area contributed by atoms with E-state index in [0.717, 1.165) is 5.69 Å². The first-order valence-electron chi connectivity index (χ1n) is 1.99. The van der Waals surface area contributed by atoms with Crippen LogP contribution in [-0.2, 0) is 5.88 Å². The Bertz CT molecular complexity index is 176. The van der Waals surface area contributed by atoms with Gasteiger partial charge in [-0.1, -0.05) is 0 Å². The summed E-state index contributed by atoms with van der Waals surface area (Å²) < 4.78 is 4.78. The molecule has 2 nitrogen and oxygen atoms in total. The monoisotopic (exact) mass is 195 g/mol. The lowest BCUT2D eigenvalue weighted by atomic mass is 10.6. The van der Waals surface area contributed by atoms with E-state index in [2.05, 4.69) is 20.9 Å². The molecule has 8 heavy (non-hydrogen) atoms. The average Bonchev–Trinajstić information content (AvgIpc) is 2.14. The number of halogens is 2. The van der Waals surface area contributed by atoms with E-state index in [0.29, 0.717) is 10.7 Å². The van der Waals surface area contributed by atoms with Crippen molar-refractivity contribution >= 4 is 27.5 Å². The predicted molar refractivity (Wildman–Crippen MR) is 33.8 cm³/mol. The molecule has 0 N–H and O–H groups in total. The van der Waals surface area contributed by atoms with Crippen LogP contribution in [0.5, 0.6) is 0 Å². The molecular weight excluding hydrogens is 193 g/mol. The second-order valence-electron chi connectivity index (χ2n) is 1.23. The van der Waals surface area contributed by atoms with E-state index in [4.69, 9.17) is 16.0 Å². The summed E-state index contributed by atoms with van der Waals surface area (Å²) in [5, 5.41) is 0. The van der Waals surface area contributed by atoms with Crippen LogP contribution in [-0.4, -0.2) is 4.98 Å². The summed E-state index contributed by atoms with van der Waals surface area (Å²) in [5.74, 6) is 0.398. The molecule has 0 amide bonds. The Morgan fingerprint density at radius 1 is 1.88 bits per heavy atom. The first-order valence-corrected chi connectivity index (χ1v) is 3.31. The fourth-order valence-electron chi connectivity index (χ4n) is 0.344. The van der Waals surface area contributed by atoms with Crippen molar-refractivity contribution in [2.75, 3.05) is 0 Å². The SMILES string of the molecule is ClCc1coc(Br)n1. The highest BCUT2D eigenvalue weighted by molar-refractivity contribution is 9.10. The maximum Gasteiger partial charge on any atom is 0.264 e. The second-order valence-corrected chi connectivity index (χ2v) is 2.17. The van der Waals surface area contributed by atoms with Crippen LogP contribution in [0.15, 0.2) is 15.5 Å². The Morgan fingerprint density at radius 2 is 2.62 bits per heavy atom. The number of hydrogen-bond donors (Lipinski definition) is 0. The summed E-state index contributed by atoms with van der Waals surface area (Å²) in [6.07, 6.45) is 1.51. The molecular formula is C4H3BrClNO. The molecule has 0 bridgehead atoms. The second kappa shape index (κ2) is 2.51. The van der Waals surface area contributed by atoms with Crippen molar-refractivity contribution in [3.63, 3.8) is 0 Å². The van der Waals surface area contributed by atoms with Crippen molar-refractivity contribution in [2.24, 2.45) is 0 Å². The molecule has 0 spiro atoms. The van der Waals surface area contributed by atoms with Crippen LogP contribution < -0.4 is 0 Å². The van der Waals surface area contributed by atoms with Gasteiger partial charge in [0.05, 0.1) is 11.6 Å². The van der Waals surface area contributed by atoms with Crippen molar-refractivity contribution in [2.45, 2.75) is 5.88 Å². The van der Waals surface area contributed by atoms with Crippen molar-refractivity contribution in [1.29, 1.82) is 0 Å². The molecule has 0 saturated carbocycles. The van der Waals surface area contributed by atoms with Crippen LogP contribution in [0.3, 0.4) is 0 Å². The molecule has 1 rings (SSSR count). The summed E-state index contributed by atoms with van der Waals surface area (Å²) in [6.45, 7) is 0. The van der Waals surface area contributed by atoms with Gasteiger partial charge in [-0.2, -0.15) is 0 Å². The van der Waals surface area contributed by atoms with E-state index in [-0.39, 0.29) is 0 Å². The Labute approximate surface area is 60.0 Å². The molecule has 0 fully saturated rings. The lowest BCUT2D eigenvalue weighted by Gasteiger charge is -1.74. The summed E-state index contributed by atoms with van der Waals surface area (Å²) in [7, 11) is 0. The van der Waals surface area contributed by atoms with E-state index in [1.807, 2.05) is 0 Å². The molecule has 0 radical (unpaired) electrons. The summed E-state index contributed by atoms with van der Waals surface area (Å²) >= 11 is 8.43. The number of aromatic nitrogens is 1. The number of alkyl halides is 1. The van der Waals surface area contributed by atoms with E-state index < -0.39 is 0 Å². The minimum atomic E-state index is 0.398. The van der Waals surface area contributed by atoms with E-state index in [1.165, 1.54) is 6.26 Å². The standard InChI is InChI=1S/C4H3BrClNO/c5-4-7-3(1-6)2-8-4/h2H,1H2. The van der Waals surface area contributed by atoms with Gasteiger partial charge in [0.15, 0.2) is 0 Å². The molecule has 0 aliphatic rings. The minimum Gasteiger partial charge on any atom is -0.439 e. The fraction of sp³-hybridized carbons (Fsp3) is 0.250. The normalized spacial score (nSPS) is 9.75. The smallest absolute Gasteiger partial charge is 0.264 e. The third kappa shape index (κ3) is 1.23. The fourth-order valence-corrected chi connectivity index (χ4v) is 0.788. The summed E-state index contributed by atoms with van der Waals surface area (Å²) in [4.78, 5) is 4.33. The van der Waals surface area contributed by atoms with Gasteiger partial charge >= 0.3 is 0 Å².